The lowest BCUT2D eigenvalue weighted by molar-refractivity contribution is 0.0561. The van der Waals surface area contributed by atoms with Crippen molar-refractivity contribution >= 4 is 39.2 Å². The molecule has 1 atom stereocenters. The first kappa shape index (κ1) is 31.4. The SMILES string of the molecule is CC(C)OC(=O)N1CCNCC1c1ncc(-c2ccc(NC(=O)OCc3ccccc3)cc2S(=O)(=O)NC(C)(C)C)s1. The molecule has 0 saturated carbocycles. The molecule has 3 aromatic rings. The number of nitrogens with zero attached hydrogens (tertiary/aromatic N) is 2. The number of hydrogen-bond donors (Lipinski definition) is 3. The summed E-state index contributed by atoms with van der Waals surface area (Å²) >= 11 is 1.30. The van der Waals surface area contributed by atoms with Crippen molar-refractivity contribution in [2.75, 3.05) is 25.0 Å². The molecule has 226 valence electrons. The molecule has 0 spiro atoms. The van der Waals surface area contributed by atoms with Crippen LogP contribution in [0.25, 0.3) is 10.4 Å². The van der Waals surface area contributed by atoms with Crippen molar-refractivity contribution in [3.63, 3.8) is 0 Å². The van der Waals surface area contributed by atoms with E-state index in [2.05, 4.69) is 20.3 Å². The highest BCUT2D eigenvalue weighted by Crippen LogP contribution is 2.37. The molecular weight excluding hydrogens is 578 g/mol. The number of hydrogen-bond acceptors (Lipinski definition) is 9. The standard InChI is InChI=1S/C29H37N5O6S2/c1-19(2)40-28(36)34-14-13-30-16-23(34)26-31-17-24(41-26)22-12-11-21(15-25(22)42(37,38)33-29(3,4)5)32-27(35)39-18-20-9-7-6-8-10-20/h6-12,15,17,19,23,30,33H,13-14,16,18H2,1-5H3,(H,32,35). The molecule has 2 heterocycles. The minimum Gasteiger partial charge on any atom is -0.447 e. The number of aromatic nitrogens is 1. The minimum atomic E-state index is -4.02. The smallest absolute Gasteiger partial charge is 0.411 e. The zero-order chi connectivity index (χ0) is 30.5. The van der Waals surface area contributed by atoms with Gasteiger partial charge in [-0.15, -0.1) is 11.3 Å². The summed E-state index contributed by atoms with van der Waals surface area (Å²) in [6.07, 6.45) is 0.218. The van der Waals surface area contributed by atoms with Gasteiger partial charge in [-0.25, -0.2) is 27.7 Å². The first-order valence-corrected chi connectivity index (χ1v) is 15.9. The molecule has 42 heavy (non-hydrogen) atoms. The van der Waals surface area contributed by atoms with E-state index in [0.717, 1.165) is 5.56 Å². The summed E-state index contributed by atoms with van der Waals surface area (Å²) in [7, 11) is -4.02. The van der Waals surface area contributed by atoms with Crippen LogP contribution in [-0.2, 0) is 26.1 Å². The molecule has 1 fully saturated rings. The van der Waals surface area contributed by atoms with Crippen LogP contribution in [-0.4, -0.2) is 61.8 Å². The maximum atomic E-state index is 13.6. The predicted octanol–water partition coefficient (Wildman–Crippen LogP) is 5.13. The van der Waals surface area contributed by atoms with Crippen molar-refractivity contribution in [3.05, 3.63) is 65.3 Å². The highest BCUT2D eigenvalue weighted by atomic mass is 32.2. The van der Waals surface area contributed by atoms with Gasteiger partial charge in [-0.2, -0.15) is 0 Å². The molecule has 4 rings (SSSR count). The molecule has 1 aliphatic heterocycles. The van der Waals surface area contributed by atoms with Crippen LogP contribution in [0, 0.1) is 0 Å². The highest BCUT2D eigenvalue weighted by Gasteiger charge is 2.33. The fraction of sp³-hybridized carbons (Fsp3) is 0.414. The van der Waals surface area contributed by atoms with E-state index < -0.39 is 27.7 Å². The molecule has 1 aliphatic rings. The maximum absolute atomic E-state index is 13.6. The third-order valence-corrected chi connectivity index (χ3v) is 8.99. The number of carbonyl (C=O) groups excluding carboxylic acids is 2. The third kappa shape index (κ3) is 8.28. The van der Waals surface area contributed by atoms with E-state index in [-0.39, 0.29) is 29.3 Å². The van der Waals surface area contributed by atoms with E-state index in [9.17, 15) is 18.0 Å². The van der Waals surface area contributed by atoms with E-state index in [0.29, 0.717) is 35.1 Å². The quantitative estimate of drug-likeness (QED) is 0.317. The summed E-state index contributed by atoms with van der Waals surface area (Å²) < 4.78 is 40.6. The highest BCUT2D eigenvalue weighted by molar-refractivity contribution is 7.89. The van der Waals surface area contributed by atoms with Gasteiger partial charge in [0.25, 0.3) is 0 Å². The summed E-state index contributed by atoms with van der Waals surface area (Å²) in [5.41, 5.74) is 0.748. The molecule has 1 unspecified atom stereocenters. The summed E-state index contributed by atoms with van der Waals surface area (Å²) in [5.74, 6) is 0. The lowest BCUT2D eigenvalue weighted by Crippen LogP contribution is -2.49. The molecule has 0 aliphatic carbocycles. The van der Waals surface area contributed by atoms with Crippen LogP contribution < -0.4 is 15.4 Å². The Morgan fingerprint density at radius 1 is 1.17 bits per heavy atom. The maximum Gasteiger partial charge on any atom is 0.411 e. The summed E-state index contributed by atoms with van der Waals surface area (Å²) in [4.78, 5) is 32.1. The van der Waals surface area contributed by atoms with Crippen LogP contribution >= 0.6 is 11.3 Å². The van der Waals surface area contributed by atoms with E-state index in [1.807, 2.05) is 30.3 Å². The zero-order valence-corrected chi connectivity index (χ0v) is 26.0. The van der Waals surface area contributed by atoms with Crippen molar-refractivity contribution in [2.45, 2.75) is 63.8 Å². The number of piperazine rings is 1. The third-order valence-electron chi connectivity index (χ3n) is 6.06. The van der Waals surface area contributed by atoms with Crippen LogP contribution in [0.5, 0.6) is 0 Å². The molecule has 0 bridgehead atoms. The van der Waals surface area contributed by atoms with Crippen LogP contribution in [0.15, 0.2) is 59.6 Å². The number of carbonyl (C=O) groups is 2. The topological polar surface area (TPSA) is 139 Å². The molecule has 2 amide bonds. The normalized spacial score (nSPS) is 15.9. The van der Waals surface area contributed by atoms with Gasteiger partial charge >= 0.3 is 12.2 Å². The Bertz CT molecular complexity index is 1500. The van der Waals surface area contributed by atoms with Gasteiger partial charge in [-0.05, 0) is 52.3 Å². The van der Waals surface area contributed by atoms with E-state index in [4.69, 9.17) is 9.47 Å². The molecule has 3 N–H and O–H groups in total. The number of amides is 2. The second-order valence-electron chi connectivity index (χ2n) is 11.2. The van der Waals surface area contributed by atoms with Gasteiger partial charge in [-0.1, -0.05) is 36.4 Å². The van der Waals surface area contributed by atoms with Crippen molar-refractivity contribution in [1.82, 2.24) is 19.9 Å². The average molecular weight is 616 g/mol. The lowest BCUT2D eigenvalue weighted by atomic mass is 10.1. The molecule has 0 radical (unpaired) electrons. The fourth-order valence-corrected chi connectivity index (χ4v) is 7.14. The van der Waals surface area contributed by atoms with Crippen molar-refractivity contribution < 1.29 is 27.5 Å². The number of nitrogens with one attached hydrogen (secondary N) is 3. The lowest BCUT2D eigenvalue weighted by Gasteiger charge is -2.34. The minimum absolute atomic E-state index is 0.0219. The summed E-state index contributed by atoms with van der Waals surface area (Å²) in [5, 5.41) is 6.56. The second-order valence-corrected chi connectivity index (χ2v) is 13.9. The van der Waals surface area contributed by atoms with Gasteiger partial charge in [-0.3, -0.25) is 10.2 Å². The molecule has 1 aromatic heterocycles. The van der Waals surface area contributed by atoms with Crippen molar-refractivity contribution in [2.24, 2.45) is 0 Å². The number of ether oxygens (including phenoxy) is 2. The van der Waals surface area contributed by atoms with Gasteiger partial charge < -0.3 is 14.8 Å². The Balaban J connectivity index is 1.63. The first-order chi connectivity index (χ1) is 19.8. The van der Waals surface area contributed by atoms with E-state index in [1.165, 1.54) is 17.4 Å². The van der Waals surface area contributed by atoms with Crippen LogP contribution in [0.2, 0.25) is 0 Å². The van der Waals surface area contributed by atoms with Gasteiger partial charge in [0.2, 0.25) is 10.0 Å². The Kier molecular flexibility index (Phi) is 9.87. The summed E-state index contributed by atoms with van der Waals surface area (Å²) in [6.45, 7) is 10.5. The number of sulfonamides is 1. The van der Waals surface area contributed by atoms with E-state index in [1.54, 1.807) is 57.8 Å². The van der Waals surface area contributed by atoms with Crippen molar-refractivity contribution in [1.29, 1.82) is 0 Å². The largest absolute Gasteiger partial charge is 0.447 e. The van der Waals surface area contributed by atoms with Gasteiger partial charge in [0.1, 0.15) is 11.6 Å². The van der Waals surface area contributed by atoms with Gasteiger partial charge in [0, 0.05) is 42.6 Å². The first-order valence-electron chi connectivity index (χ1n) is 13.6. The van der Waals surface area contributed by atoms with Crippen LogP contribution in [0.4, 0.5) is 15.3 Å². The number of benzene rings is 2. The number of anilines is 1. The Hall–Kier alpha value is -3.52. The summed E-state index contributed by atoms with van der Waals surface area (Å²) in [6, 6.07) is 13.5. The molecule has 1 saturated heterocycles. The Morgan fingerprint density at radius 3 is 2.60 bits per heavy atom. The van der Waals surface area contributed by atoms with E-state index >= 15 is 0 Å². The van der Waals surface area contributed by atoms with Crippen molar-refractivity contribution in [3.8, 4) is 10.4 Å². The fourth-order valence-electron chi connectivity index (χ4n) is 4.34. The Labute approximate surface area is 250 Å². The second kappa shape index (κ2) is 13.2. The zero-order valence-electron chi connectivity index (χ0n) is 24.3. The van der Waals surface area contributed by atoms with Crippen LogP contribution in [0.1, 0.15) is 51.2 Å². The number of thiazole rings is 1. The monoisotopic (exact) mass is 615 g/mol. The molecule has 2 aromatic carbocycles. The molecule has 11 nitrogen and oxygen atoms in total. The van der Waals surface area contributed by atoms with Gasteiger partial charge in [0.05, 0.1) is 21.9 Å². The molecular formula is C29H37N5O6S2. The van der Waals surface area contributed by atoms with Crippen LogP contribution in [0.3, 0.4) is 0 Å². The molecule has 13 heteroatoms. The average Bonchev–Trinajstić information content (AvgIpc) is 3.41. The number of rotatable bonds is 8. The predicted molar refractivity (Wildman–Crippen MR) is 162 cm³/mol. The Morgan fingerprint density at radius 2 is 1.90 bits per heavy atom. The van der Waals surface area contributed by atoms with Gasteiger partial charge in [0.15, 0.2) is 0 Å².